The first-order chi connectivity index (χ1) is 9.04. The number of anilines is 1. The summed E-state index contributed by atoms with van der Waals surface area (Å²) in [5.41, 5.74) is 0.172. The minimum absolute atomic E-state index is 0.172. The summed E-state index contributed by atoms with van der Waals surface area (Å²) >= 11 is 3.16. The van der Waals surface area contributed by atoms with Crippen molar-refractivity contribution in [2.45, 2.75) is 18.9 Å². The summed E-state index contributed by atoms with van der Waals surface area (Å²) in [4.78, 5) is 13.7. The van der Waals surface area contributed by atoms with Gasteiger partial charge in [-0.1, -0.05) is 15.9 Å². The zero-order valence-corrected chi connectivity index (χ0v) is 12.0. The van der Waals surface area contributed by atoms with Gasteiger partial charge in [-0.3, -0.25) is 9.69 Å². The molecule has 0 spiro atoms. The van der Waals surface area contributed by atoms with Gasteiger partial charge in [0.1, 0.15) is 5.82 Å². The van der Waals surface area contributed by atoms with Gasteiger partial charge in [0.05, 0.1) is 18.3 Å². The number of amides is 1. The lowest BCUT2D eigenvalue weighted by atomic mass is 10.1. The van der Waals surface area contributed by atoms with Crippen LogP contribution in [0.25, 0.3) is 0 Å². The number of β-amino-alcohol motifs (C(OH)–C–C–N with tert-alkyl or cyclic N) is 1. The molecule has 2 rings (SSSR count). The Kier molecular flexibility index (Phi) is 4.90. The fourth-order valence-corrected chi connectivity index (χ4v) is 2.49. The third-order valence-electron chi connectivity index (χ3n) is 3.05. The van der Waals surface area contributed by atoms with Crippen molar-refractivity contribution in [2.24, 2.45) is 0 Å². The van der Waals surface area contributed by atoms with E-state index in [1.54, 1.807) is 6.07 Å². The largest absolute Gasteiger partial charge is 0.392 e. The first kappa shape index (κ1) is 14.4. The second-order valence-electron chi connectivity index (χ2n) is 4.70. The highest BCUT2D eigenvalue weighted by molar-refractivity contribution is 9.10. The number of piperidine rings is 1. The van der Waals surface area contributed by atoms with Crippen molar-refractivity contribution < 1.29 is 14.3 Å². The molecule has 1 heterocycles. The topological polar surface area (TPSA) is 52.6 Å². The Bertz CT molecular complexity index is 470. The lowest BCUT2D eigenvalue weighted by molar-refractivity contribution is -0.118. The van der Waals surface area contributed by atoms with Crippen molar-refractivity contribution in [1.82, 2.24) is 4.90 Å². The third kappa shape index (κ3) is 4.26. The van der Waals surface area contributed by atoms with Crippen molar-refractivity contribution in [1.29, 1.82) is 0 Å². The van der Waals surface area contributed by atoms with Crippen LogP contribution in [0.1, 0.15) is 12.8 Å². The monoisotopic (exact) mass is 330 g/mol. The van der Waals surface area contributed by atoms with Crippen LogP contribution >= 0.6 is 15.9 Å². The summed E-state index contributed by atoms with van der Waals surface area (Å²) in [6.07, 6.45) is 1.28. The Labute approximate surface area is 119 Å². The molecule has 1 aliphatic rings. The number of halogens is 2. The van der Waals surface area contributed by atoms with E-state index in [9.17, 15) is 14.3 Å². The molecular formula is C13H16BrFN2O2. The van der Waals surface area contributed by atoms with Crippen molar-refractivity contribution in [3.63, 3.8) is 0 Å². The molecule has 0 bridgehead atoms. The van der Waals surface area contributed by atoms with Crippen LogP contribution in [-0.4, -0.2) is 41.7 Å². The fourth-order valence-electron chi connectivity index (χ4n) is 2.16. The van der Waals surface area contributed by atoms with Crippen LogP contribution < -0.4 is 5.32 Å². The molecule has 0 aromatic heterocycles. The average molecular weight is 331 g/mol. The van der Waals surface area contributed by atoms with E-state index >= 15 is 0 Å². The number of benzene rings is 1. The number of rotatable bonds is 3. The van der Waals surface area contributed by atoms with E-state index in [4.69, 9.17) is 0 Å². The van der Waals surface area contributed by atoms with Gasteiger partial charge < -0.3 is 10.4 Å². The highest BCUT2D eigenvalue weighted by Gasteiger charge is 2.20. The maximum atomic E-state index is 13.6. The second-order valence-corrected chi connectivity index (χ2v) is 5.62. The standard InChI is InChI=1S/C13H16BrFN2O2/c14-9-3-4-12(11(15)6-9)16-13(19)8-17-5-1-2-10(18)7-17/h3-4,6,10,18H,1-2,5,7-8H2,(H,16,19). The van der Waals surface area contributed by atoms with Gasteiger partial charge in [0, 0.05) is 11.0 Å². The van der Waals surface area contributed by atoms with E-state index in [2.05, 4.69) is 21.2 Å². The van der Waals surface area contributed by atoms with E-state index < -0.39 is 5.82 Å². The minimum atomic E-state index is -0.471. The molecule has 19 heavy (non-hydrogen) atoms. The number of carbonyl (C=O) groups excluding carboxylic acids is 1. The zero-order valence-electron chi connectivity index (χ0n) is 10.4. The smallest absolute Gasteiger partial charge is 0.238 e. The van der Waals surface area contributed by atoms with Crippen LogP contribution in [0.3, 0.4) is 0 Å². The van der Waals surface area contributed by atoms with Crippen molar-refractivity contribution >= 4 is 27.5 Å². The quantitative estimate of drug-likeness (QED) is 0.891. The molecule has 6 heteroatoms. The molecule has 1 fully saturated rings. The second kappa shape index (κ2) is 6.45. The van der Waals surface area contributed by atoms with E-state index in [1.165, 1.54) is 12.1 Å². The van der Waals surface area contributed by atoms with E-state index in [-0.39, 0.29) is 24.2 Å². The zero-order chi connectivity index (χ0) is 13.8. The molecule has 1 aliphatic heterocycles. The fraction of sp³-hybridized carbons (Fsp3) is 0.462. The number of carbonyl (C=O) groups is 1. The van der Waals surface area contributed by atoms with E-state index in [0.717, 1.165) is 19.4 Å². The minimum Gasteiger partial charge on any atom is -0.392 e. The van der Waals surface area contributed by atoms with Crippen LogP contribution in [0.2, 0.25) is 0 Å². The van der Waals surface area contributed by atoms with Crippen molar-refractivity contribution in [3.05, 3.63) is 28.5 Å². The van der Waals surface area contributed by atoms with Gasteiger partial charge in [0.25, 0.3) is 0 Å². The molecule has 1 atom stereocenters. The summed E-state index contributed by atoms with van der Waals surface area (Å²) in [5.74, 6) is -0.739. The molecular weight excluding hydrogens is 315 g/mol. The van der Waals surface area contributed by atoms with Crippen LogP contribution in [0.5, 0.6) is 0 Å². The SMILES string of the molecule is O=C(CN1CCCC(O)C1)Nc1ccc(Br)cc1F. The summed E-state index contributed by atoms with van der Waals surface area (Å²) in [7, 11) is 0. The summed E-state index contributed by atoms with van der Waals surface area (Å²) in [5, 5.41) is 12.1. The van der Waals surface area contributed by atoms with E-state index in [0.29, 0.717) is 11.0 Å². The highest BCUT2D eigenvalue weighted by atomic mass is 79.9. The first-order valence-electron chi connectivity index (χ1n) is 6.20. The Morgan fingerprint density at radius 2 is 2.37 bits per heavy atom. The van der Waals surface area contributed by atoms with E-state index in [1.807, 2.05) is 4.90 Å². The third-order valence-corrected chi connectivity index (χ3v) is 3.55. The van der Waals surface area contributed by atoms with Crippen LogP contribution in [0.4, 0.5) is 10.1 Å². The molecule has 2 N–H and O–H groups in total. The van der Waals surface area contributed by atoms with Gasteiger partial charge in [-0.2, -0.15) is 0 Å². The number of hydrogen-bond acceptors (Lipinski definition) is 3. The number of nitrogens with one attached hydrogen (secondary N) is 1. The lowest BCUT2D eigenvalue weighted by Crippen LogP contribution is -2.42. The maximum Gasteiger partial charge on any atom is 0.238 e. The summed E-state index contributed by atoms with van der Waals surface area (Å²) < 4.78 is 14.2. The Morgan fingerprint density at radius 3 is 3.05 bits per heavy atom. The molecule has 104 valence electrons. The number of likely N-dealkylation sites (tertiary alicyclic amines) is 1. The predicted molar refractivity (Wildman–Crippen MR) is 74.4 cm³/mol. The number of nitrogens with zero attached hydrogens (tertiary/aromatic N) is 1. The Balaban J connectivity index is 1.90. The molecule has 1 aromatic carbocycles. The molecule has 0 aliphatic carbocycles. The van der Waals surface area contributed by atoms with Gasteiger partial charge in [0.2, 0.25) is 5.91 Å². The first-order valence-corrected chi connectivity index (χ1v) is 6.99. The van der Waals surface area contributed by atoms with Gasteiger partial charge in [0.15, 0.2) is 0 Å². The van der Waals surface area contributed by atoms with Gasteiger partial charge >= 0.3 is 0 Å². The summed E-state index contributed by atoms with van der Waals surface area (Å²) in [6, 6.07) is 4.49. The highest BCUT2D eigenvalue weighted by Crippen LogP contribution is 2.19. The van der Waals surface area contributed by atoms with Crippen molar-refractivity contribution in [2.75, 3.05) is 25.0 Å². The van der Waals surface area contributed by atoms with Gasteiger partial charge in [-0.15, -0.1) is 0 Å². The number of aliphatic hydroxyl groups excluding tert-OH is 1. The molecule has 1 amide bonds. The molecule has 0 saturated carbocycles. The molecule has 1 saturated heterocycles. The molecule has 0 radical (unpaired) electrons. The number of aliphatic hydroxyl groups is 1. The maximum absolute atomic E-state index is 13.6. The van der Waals surface area contributed by atoms with Crippen LogP contribution in [0, 0.1) is 5.82 Å². The normalized spacial score (nSPS) is 20.3. The average Bonchev–Trinajstić information content (AvgIpc) is 2.33. The molecule has 4 nitrogen and oxygen atoms in total. The molecule has 1 aromatic rings. The Morgan fingerprint density at radius 1 is 1.58 bits per heavy atom. The Hall–Kier alpha value is -0.980. The summed E-state index contributed by atoms with van der Waals surface area (Å²) in [6.45, 7) is 1.45. The molecule has 1 unspecified atom stereocenters. The lowest BCUT2D eigenvalue weighted by Gasteiger charge is -2.29. The van der Waals surface area contributed by atoms with Crippen LogP contribution in [0.15, 0.2) is 22.7 Å². The van der Waals surface area contributed by atoms with Crippen molar-refractivity contribution in [3.8, 4) is 0 Å². The van der Waals surface area contributed by atoms with Gasteiger partial charge in [-0.25, -0.2) is 4.39 Å². The number of hydrogen-bond donors (Lipinski definition) is 2. The van der Waals surface area contributed by atoms with Crippen LogP contribution in [-0.2, 0) is 4.79 Å². The van der Waals surface area contributed by atoms with Gasteiger partial charge in [-0.05, 0) is 37.6 Å². The predicted octanol–water partition coefficient (Wildman–Crippen LogP) is 1.98.